The van der Waals surface area contributed by atoms with E-state index < -0.39 is 0 Å². The Kier molecular flexibility index (Phi) is 3.30. The number of aryl methyl sites for hydroxylation is 1. The van der Waals surface area contributed by atoms with E-state index in [1.807, 2.05) is 43.3 Å². The van der Waals surface area contributed by atoms with Crippen molar-refractivity contribution in [1.82, 2.24) is 0 Å². The largest absolute Gasteiger partial charge is 0.281 e. The molecular formula is C20H19NO. The van der Waals surface area contributed by atoms with Gasteiger partial charge in [-0.05, 0) is 36.8 Å². The van der Waals surface area contributed by atoms with Gasteiger partial charge in [0.05, 0.1) is 5.69 Å². The molecule has 0 aliphatic carbocycles. The highest BCUT2D eigenvalue weighted by molar-refractivity contribution is 6.04. The molecule has 0 atom stereocenters. The molecule has 0 bridgehead atoms. The smallest absolute Gasteiger partial charge is 0.232 e. The molecule has 22 heavy (non-hydrogen) atoms. The van der Waals surface area contributed by atoms with Gasteiger partial charge in [0.15, 0.2) is 0 Å². The van der Waals surface area contributed by atoms with Crippen molar-refractivity contribution >= 4 is 17.3 Å². The van der Waals surface area contributed by atoms with Gasteiger partial charge in [0, 0.05) is 23.1 Å². The summed E-state index contributed by atoms with van der Waals surface area (Å²) in [5.74, 6) is 2.77. The highest BCUT2D eigenvalue weighted by Crippen LogP contribution is 2.43. The number of benzene rings is 2. The molecule has 0 unspecified atom stereocenters. The standard InChI is InChI=1S/C20H19NO/c1-5-15-8-11-17-18(12-15)21(19(22)13-20(17,3)4)16-9-6-14(2)7-10-16/h1,6-12H,13H2,2-4H3. The van der Waals surface area contributed by atoms with E-state index in [-0.39, 0.29) is 11.3 Å². The Morgan fingerprint density at radius 2 is 1.82 bits per heavy atom. The van der Waals surface area contributed by atoms with E-state index in [1.54, 1.807) is 4.90 Å². The lowest BCUT2D eigenvalue weighted by molar-refractivity contribution is -0.119. The predicted molar refractivity (Wildman–Crippen MR) is 90.3 cm³/mol. The summed E-state index contributed by atoms with van der Waals surface area (Å²) in [4.78, 5) is 14.5. The number of fused-ring (bicyclic) bond motifs is 1. The first-order chi connectivity index (χ1) is 10.4. The van der Waals surface area contributed by atoms with Crippen LogP contribution in [0.25, 0.3) is 0 Å². The highest BCUT2D eigenvalue weighted by Gasteiger charge is 2.37. The molecule has 1 heterocycles. The van der Waals surface area contributed by atoms with Gasteiger partial charge in [0.2, 0.25) is 5.91 Å². The third kappa shape index (κ3) is 2.29. The van der Waals surface area contributed by atoms with Gasteiger partial charge >= 0.3 is 0 Å². The fourth-order valence-corrected chi connectivity index (χ4v) is 3.04. The molecule has 0 radical (unpaired) electrons. The second-order valence-corrected chi connectivity index (χ2v) is 6.50. The van der Waals surface area contributed by atoms with Crippen LogP contribution in [0.3, 0.4) is 0 Å². The number of anilines is 2. The molecule has 110 valence electrons. The van der Waals surface area contributed by atoms with Gasteiger partial charge in [-0.3, -0.25) is 9.69 Å². The molecule has 2 heteroatoms. The molecule has 3 rings (SSSR count). The minimum absolute atomic E-state index is 0.107. The third-order valence-corrected chi connectivity index (χ3v) is 4.27. The lowest BCUT2D eigenvalue weighted by Gasteiger charge is -2.38. The van der Waals surface area contributed by atoms with Crippen molar-refractivity contribution in [2.24, 2.45) is 0 Å². The Morgan fingerprint density at radius 1 is 1.14 bits per heavy atom. The number of carbonyl (C=O) groups is 1. The normalized spacial score (nSPS) is 16.1. The number of rotatable bonds is 1. The Balaban J connectivity index is 2.21. The van der Waals surface area contributed by atoms with Crippen LogP contribution in [0.5, 0.6) is 0 Å². The molecule has 1 amide bonds. The van der Waals surface area contributed by atoms with E-state index in [4.69, 9.17) is 6.42 Å². The molecule has 2 aromatic rings. The van der Waals surface area contributed by atoms with Gasteiger partial charge in [0.1, 0.15) is 0 Å². The van der Waals surface area contributed by atoms with E-state index in [9.17, 15) is 4.79 Å². The van der Waals surface area contributed by atoms with Crippen LogP contribution < -0.4 is 4.90 Å². The van der Waals surface area contributed by atoms with Crippen molar-refractivity contribution in [3.05, 3.63) is 59.2 Å². The van der Waals surface area contributed by atoms with Crippen molar-refractivity contribution in [3.8, 4) is 12.3 Å². The molecule has 1 aliphatic heterocycles. The Bertz CT molecular complexity index is 778. The molecule has 0 aromatic heterocycles. The van der Waals surface area contributed by atoms with Crippen molar-refractivity contribution < 1.29 is 4.79 Å². The summed E-state index contributed by atoms with van der Waals surface area (Å²) >= 11 is 0. The van der Waals surface area contributed by atoms with Gasteiger partial charge in [0.25, 0.3) is 0 Å². The molecule has 2 nitrogen and oxygen atoms in total. The first-order valence-electron chi connectivity index (χ1n) is 7.43. The summed E-state index contributed by atoms with van der Waals surface area (Å²) in [6, 6.07) is 14.0. The molecule has 0 fully saturated rings. The monoisotopic (exact) mass is 289 g/mol. The molecule has 0 N–H and O–H groups in total. The number of carbonyl (C=O) groups excluding carboxylic acids is 1. The number of hydrogen-bond acceptors (Lipinski definition) is 1. The van der Waals surface area contributed by atoms with Crippen LogP contribution in [-0.4, -0.2) is 5.91 Å². The summed E-state index contributed by atoms with van der Waals surface area (Å²) in [7, 11) is 0. The van der Waals surface area contributed by atoms with Crippen LogP contribution in [0.4, 0.5) is 11.4 Å². The molecule has 0 saturated heterocycles. The van der Waals surface area contributed by atoms with Gasteiger partial charge in [-0.25, -0.2) is 0 Å². The predicted octanol–water partition coefficient (Wildman–Crippen LogP) is 4.32. The quantitative estimate of drug-likeness (QED) is 0.716. The second-order valence-electron chi connectivity index (χ2n) is 6.50. The zero-order chi connectivity index (χ0) is 15.9. The molecule has 0 saturated carbocycles. The van der Waals surface area contributed by atoms with Crippen LogP contribution in [0.1, 0.15) is 37.0 Å². The topological polar surface area (TPSA) is 20.3 Å². The molecule has 0 spiro atoms. The minimum atomic E-state index is -0.180. The Labute approximate surface area is 131 Å². The van der Waals surface area contributed by atoms with Crippen molar-refractivity contribution in [2.45, 2.75) is 32.6 Å². The van der Waals surface area contributed by atoms with E-state index in [0.29, 0.717) is 6.42 Å². The summed E-state index contributed by atoms with van der Waals surface area (Å²) in [6.07, 6.45) is 6.03. The van der Waals surface area contributed by atoms with E-state index in [2.05, 4.69) is 25.8 Å². The van der Waals surface area contributed by atoms with Gasteiger partial charge < -0.3 is 0 Å². The maximum absolute atomic E-state index is 12.7. The van der Waals surface area contributed by atoms with Gasteiger partial charge in [-0.15, -0.1) is 6.42 Å². The van der Waals surface area contributed by atoms with Crippen molar-refractivity contribution in [2.75, 3.05) is 4.90 Å². The van der Waals surface area contributed by atoms with E-state index >= 15 is 0 Å². The first-order valence-corrected chi connectivity index (χ1v) is 7.43. The van der Waals surface area contributed by atoms with Crippen LogP contribution >= 0.6 is 0 Å². The zero-order valence-electron chi connectivity index (χ0n) is 13.2. The fourth-order valence-electron chi connectivity index (χ4n) is 3.04. The average Bonchev–Trinajstić information content (AvgIpc) is 2.48. The lowest BCUT2D eigenvalue weighted by Crippen LogP contribution is -2.39. The van der Waals surface area contributed by atoms with E-state index in [1.165, 1.54) is 5.56 Å². The minimum Gasteiger partial charge on any atom is -0.281 e. The first kappa shape index (κ1) is 14.4. The zero-order valence-corrected chi connectivity index (χ0v) is 13.2. The number of nitrogens with zero attached hydrogens (tertiary/aromatic N) is 1. The van der Waals surface area contributed by atoms with Crippen molar-refractivity contribution in [3.63, 3.8) is 0 Å². The number of hydrogen-bond donors (Lipinski definition) is 0. The van der Waals surface area contributed by atoms with Crippen LogP contribution in [-0.2, 0) is 10.2 Å². The lowest BCUT2D eigenvalue weighted by atomic mass is 9.77. The fraction of sp³-hybridized carbons (Fsp3) is 0.250. The van der Waals surface area contributed by atoms with Crippen LogP contribution in [0.2, 0.25) is 0 Å². The van der Waals surface area contributed by atoms with E-state index in [0.717, 1.165) is 22.5 Å². The van der Waals surface area contributed by atoms with Gasteiger partial charge in [-0.1, -0.05) is 43.5 Å². The summed E-state index contributed by atoms with van der Waals surface area (Å²) in [5.41, 5.74) is 4.74. The third-order valence-electron chi connectivity index (χ3n) is 4.27. The number of terminal acetylenes is 1. The maximum atomic E-state index is 12.7. The van der Waals surface area contributed by atoms with Gasteiger partial charge in [-0.2, -0.15) is 0 Å². The molecule has 2 aromatic carbocycles. The summed E-state index contributed by atoms with van der Waals surface area (Å²) in [5, 5.41) is 0. The van der Waals surface area contributed by atoms with Crippen molar-refractivity contribution in [1.29, 1.82) is 0 Å². The average molecular weight is 289 g/mol. The van der Waals surface area contributed by atoms with Crippen LogP contribution in [0, 0.1) is 19.3 Å². The number of amides is 1. The molecule has 1 aliphatic rings. The summed E-state index contributed by atoms with van der Waals surface area (Å²) in [6.45, 7) is 6.24. The summed E-state index contributed by atoms with van der Waals surface area (Å²) < 4.78 is 0. The SMILES string of the molecule is C#Cc1ccc2c(c1)N(c1ccc(C)cc1)C(=O)CC2(C)C. The highest BCUT2D eigenvalue weighted by atomic mass is 16.2. The Hall–Kier alpha value is -2.53. The second kappa shape index (κ2) is 5.03. The van der Waals surface area contributed by atoms with Crippen LogP contribution in [0.15, 0.2) is 42.5 Å². The molecular weight excluding hydrogens is 270 g/mol. The maximum Gasteiger partial charge on any atom is 0.232 e. The Morgan fingerprint density at radius 3 is 2.45 bits per heavy atom.